The van der Waals surface area contributed by atoms with Gasteiger partial charge in [0.15, 0.2) is 5.69 Å². The predicted molar refractivity (Wildman–Crippen MR) is 129 cm³/mol. The number of carbonyl (C=O) groups excluding carboxylic acids is 1. The van der Waals surface area contributed by atoms with E-state index in [0.29, 0.717) is 30.1 Å². The molecular formula is C27H22F9N3O3. The molecule has 0 bridgehead atoms. The first kappa shape index (κ1) is 31.1. The number of hydrogen-bond donors (Lipinski definition) is 1. The Labute approximate surface area is 232 Å². The Kier molecular flexibility index (Phi) is 8.19. The van der Waals surface area contributed by atoms with Crippen LogP contribution in [0.15, 0.2) is 60.9 Å². The molecule has 3 aromatic rings. The summed E-state index contributed by atoms with van der Waals surface area (Å²) in [6.45, 7) is 1.22. The van der Waals surface area contributed by atoms with Gasteiger partial charge in [-0.3, -0.25) is 4.79 Å². The monoisotopic (exact) mass is 607 g/mol. The molecule has 2 atom stereocenters. The number of amides is 1. The minimum atomic E-state index is -6.13. The Morgan fingerprint density at radius 1 is 0.952 bits per heavy atom. The molecule has 1 aliphatic rings. The number of halogens is 9. The number of nitrogens with zero attached hydrogens (tertiary/aromatic N) is 3. The number of carbonyl (C=O) groups is 1. The first-order valence-corrected chi connectivity index (χ1v) is 12.3. The van der Waals surface area contributed by atoms with Crippen molar-refractivity contribution in [3.8, 4) is 5.88 Å². The van der Waals surface area contributed by atoms with Crippen LogP contribution in [0.1, 0.15) is 41.6 Å². The molecule has 1 N–H and O–H groups in total. The van der Waals surface area contributed by atoms with Crippen LogP contribution in [-0.4, -0.2) is 46.0 Å². The number of hydrogen-bond acceptors (Lipinski definition) is 5. The molecule has 1 aliphatic heterocycles. The fourth-order valence-corrected chi connectivity index (χ4v) is 4.62. The second kappa shape index (κ2) is 11.1. The lowest BCUT2D eigenvalue weighted by molar-refractivity contribution is -0.376. The minimum absolute atomic E-state index is 0.0389. The number of alkyl halides is 9. The molecule has 2 heterocycles. The summed E-state index contributed by atoms with van der Waals surface area (Å²) in [7, 11) is 0. The highest BCUT2D eigenvalue weighted by atomic mass is 19.4. The summed E-state index contributed by atoms with van der Waals surface area (Å²) in [6.07, 6.45) is -17.9. The molecule has 6 nitrogen and oxygen atoms in total. The summed E-state index contributed by atoms with van der Waals surface area (Å²) in [4.78, 5) is 21.6. The highest BCUT2D eigenvalue weighted by molar-refractivity contribution is 5.98. The first-order valence-electron chi connectivity index (χ1n) is 12.3. The summed E-state index contributed by atoms with van der Waals surface area (Å²) in [5.74, 6) is -1.94. The maximum absolute atomic E-state index is 13.7. The third kappa shape index (κ3) is 6.01. The molecule has 1 aromatic heterocycles. The normalized spacial score (nSPS) is 17.3. The van der Waals surface area contributed by atoms with Crippen molar-refractivity contribution in [2.45, 2.75) is 55.9 Å². The molecule has 0 saturated carbocycles. The molecule has 0 fully saturated rings. The van der Waals surface area contributed by atoms with E-state index in [9.17, 15) is 49.4 Å². The maximum Gasteiger partial charge on any atom is 0.433 e. The molecule has 1 amide bonds. The van der Waals surface area contributed by atoms with Gasteiger partial charge in [0, 0.05) is 17.3 Å². The Morgan fingerprint density at radius 2 is 1.60 bits per heavy atom. The van der Waals surface area contributed by atoms with Crippen molar-refractivity contribution in [3.63, 3.8) is 0 Å². The van der Waals surface area contributed by atoms with Crippen LogP contribution in [0.25, 0.3) is 0 Å². The molecule has 42 heavy (non-hydrogen) atoms. The van der Waals surface area contributed by atoms with Crippen LogP contribution in [0.3, 0.4) is 0 Å². The quantitative estimate of drug-likeness (QED) is 0.343. The second-order valence-corrected chi connectivity index (χ2v) is 9.65. The van der Waals surface area contributed by atoms with Crippen molar-refractivity contribution in [3.05, 3.63) is 83.3 Å². The lowest BCUT2D eigenvalue weighted by atomic mass is 9.89. The van der Waals surface area contributed by atoms with Gasteiger partial charge in [-0.25, -0.2) is 9.97 Å². The average molecular weight is 607 g/mol. The van der Waals surface area contributed by atoms with Crippen LogP contribution >= 0.6 is 0 Å². The molecule has 0 saturated heterocycles. The van der Waals surface area contributed by atoms with Gasteiger partial charge in [-0.2, -0.15) is 39.5 Å². The van der Waals surface area contributed by atoms with Crippen LogP contribution in [0.2, 0.25) is 0 Å². The number of anilines is 1. The van der Waals surface area contributed by atoms with Gasteiger partial charge >= 0.3 is 18.5 Å². The van der Waals surface area contributed by atoms with E-state index in [2.05, 4.69) is 9.97 Å². The first-order chi connectivity index (χ1) is 19.4. The number of aliphatic hydroxyl groups is 1. The maximum atomic E-state index is 13.7. The summed E-state index contributed by atoms with van der Waals surface area (Å²) < 4.78 is 126. The van der Waals surface area contributed by atoms with Gasteiger partial charge in [0.25, 0.3) is 5.60 Å². The van der Waals surface area contributed by atoms with Crippen molar-refractivity contribution >= 4 is 11.6 Å². The van der Waals surface area contributed by atoms with Gasteiger partial charge in [0.2, 0.25) is 11.8 Å². The molecular weight excluding hydrogens is 585 g/mol. The fourth-order valence-electron chi connectivity index (χ4n) is 4.62. The molecule has 0 aliphatic carbocycles. The highest BCUT2D eigenvalue weighted by Crippen LogP contribution is 2.51. The average Bonchev–Trinajstić information content (AvgIpc) is 3.09. The number of fused-ring (bicyclic) bond motifs is 1. The molecule has 226 valence electrons. The molecule has 2 aromatic carbocycles. The van der Waals surface area contributed by atoms with Gasteiger partial charge in [0.05, 0.1) is 12.5 Å². The van der Waals surface area contributed by atoms with E-state index in [1.807, 2.05) is 0 Å². The van der Waals surface area contributed by atoms with Crippen LogP contribution in [0, 0.1) is 0 Å². The standard InChI is InChI=1S/C27H22F9N3O3/c1-15(16-5-3-2-4-6-16)23(40)39-13-19(42-22-12-21(25(28,29)30)37-14-38-22)9-7-17-11-18(8-10-20(17)39)24(41,26(31,32)33)27(34,35)36/h2-6,8,10-12,14-15,19,41H,7,9,13H2,1H3/t15-,19-/m0/s1. The lowest BCUT2D eigenvalue weighted by Crippen LogP contribution is -2.54. The summed E-state index contributed by atoms with van der Waals surface area (Å²) >= 11 is 0. The number of ether oxygens (including phenoxy) is 1. The van der Waals surface area contributed by atoms with Crippen LogP contribution in [-0.2, 0) is 23.0 Å². The SMILES string of the molecule is C[C@H](C(=O)N1C[C@@H](Oc2cc(C(F)(F)F)ncn2)CCc2cc(C(O)(C(F)(F)F)C(F)(F)F)ccc21)c1ccccc1. The summed E-state index contributed by atoms with van der Waals surface area (Å²) in [5, 5.41) is 9.92. The predicted octanol–water partition coefficient (Wildman–Crippen LogP) is 6.34. The van der Waals surface area contributed by atoms with E-state index in [1.165, 1.54) is 0 Å². The van der Waals surface area contributed by atoms with Crippen molar-refractivity contribution in [2.75, 3.05) is 11.4 Å². The molecule has 0 radical (unpaired) electrons. The van der Waals surface area contributed by atoms with Crippen LogP contribution < -0.4 is 9.64 Å². The minimum Gasteiger partial charge on any atom is -0.472 e. The summed E-state index contributed by atoms with van der Waals surface area (Å²) in [6, 6.07) is 10.7. The number of aromatic nitrogens is 2. The molecule has 4 rings (SSSR count). The van der Waals surface area contributed by atoms with E-state index >= 15 is 0 Å². The van der Waals surface area contributed by atoms with E-state index < -0.39 is 59.2 Å². The zero-order valence-electron chi connectivity index (χ0n) is 21.6. The van der Waals surface area contributed by atoms with Gasteiger partial charge in [-0.05, 0) is 37.0 Å². The van der Waals surface area contributed by atoms with Gasteiger partial charge < -0.3 is 14.7 Å². The topological polar surface area (TPSA) is 75.6 Å². The van der Waals surface area contributed by atoms with E-state index in [0.717, 1.165) is 11.0 Å². The second-order valence-electron chi connectivity index (χ2n) is 9.65. The zero-order chi connectivity index (χ0) is 31.1. The smallest absolute Gasteiger partial charge is 0.433 e. The van der Waals surface area contributed by atoms with Crippen molar-refractivity contribution in [1.82, 2.24) is 9.97 Å². The number of benzene rings is 2. The van der Waals surface area contributed by atoms with Crippen molar-refractivity contribution in [2.24, 2.45) is 0 Å². The molecule has 0 spiro atoms. The van der Waals surface area contributed by atoms with E-state index in [4.69, 9.17) is 4.74 Å². The van der Waals surface area contributed by atoms with E-state index in [-0.39, 0.29) is 30.6 Å². The van der Waals surface area contributed by atoms with Gasteiger partial charge in [-0.1, -0.05) is 42.5 Å². The van der Waals surface area contributed by atoms with E-state index in [1.54, 1.807) is 37.3 Å². The fraction of sp³-hybridized carbons (Fsp3) is 0.370. The lowest BCUT2D eigenvalue weighted by Gasteiger charge is -2.34. The van der Waals surface area contributed by atoms with Gasteiger partial charge in [0.1, 0.15) is 12.4 Å². The third-order valence-electron chi connectivity index (χ3n) is 6.89. The number of rotatable bonds is 5. The van der Waals surface area contributed by atoms with Gasteiger partial charge in [-0.15, -0.1) is 0 Å². The van der Waals surface area contributed by atoms with Crippen molar-refractivity contribution in [1.29, 1.82) is 0 Å². The Balaban J connectivity index is 1.76. The Morgan fingerprint density at radius 3 is 2.19 bits per heavy atom. The van der Waals surface area contributed by atoms with Crippen LogP contribution in [0.5, 0.6) is 5.88 Å². The Bertz CT molecular complexity index is 1410. The molecule has 15 heteroatoms. The largest absolute Gasteiger partial charge is 0.472 e. The van der Waals surface area contributed by atoms with Crippen LogP contribution in [0.4, 0.5) is 45.2 Å². The number of aryl methyl sites for hydroxylation is 1. The molecule has 0 unspecified atom stereocenters. The van der Waals surface area contributed by atoms with Crippen molar-refractivity contribution < 1.29 is 54.2 Å². The highest BCUT2D eigenvalue weighted by Gasteiger charge is 2.71. The Hall–Kier alpha value is -3.88. The zero-order valence-corrected chi connectivity index (χ0v) is 21.6. The third-order valence-corrected chi connectivity index (χ3v) is 6.89. The summed E-state index contributed by atoms with van der Waals surface area (Å²) in [5.41, 5.74) is -7.64.